The topological polar surface area (TPSA) is 18.5 Å². The predicted octanol–water partition coefficient (Wildman–Crippen LogP) is 6.30. The van der Waals surface area contributed by atoms with E-state index in [1.54, 1.807) is 0 Å². The Morgan fingerprint density at radius 2 is 1.57 bits per heavy atom. The summed E-state index contributed by atoms with van der Waals surface area (Å²) in [7, 11) is 0. The maximum atomic E-state index is 6.25. The third-order valence-electron chi connectivity index (χ3n) is 5.01. The van der Waals surface area contributed by atoms with Gasteiger partial charge in [0.15, 0.2) is 0 Å². The number of hydrogen-bond acceptors (Lipinski definition) is 2. The van der Waals surface area contributed by atoms with Gasteiger partial charge in [-0.15, -0.1) is 0 Å². The zero-order chi connectivity index (χ0) is 16.7. The van der Waals surface area contributed by atoms with Crippen LogP contribution in [0.1, 0.15) is 84.1 Å². The monoisotopic (exact) mass is 318 g/mol. The average Bonchev–Trinajstić information content (AvgIpc) is 2.57. The smallest absolute Gasteiger partial charge is 0.202 e. The van der Waals surface area contributed by atoms with E-state index in [1.807, 2.05) is 0 Å². The molecule has 130 valence electrons. The fourth-order valence-electron chi connectivity index (χ4n) is 3.42. The SMILES string of the molecule is CCC(CC)c1ccc(OC(OC2CCCCC2)C(C)C)cc1. The number of rotatable bonds is 8. The van der Waals surface area contributed by atoms with E-state index in [1.165, 1.54) is 50.5 Å². The fraction of sp³-hybridized carbons (Fsp3) is 0.714. The van der Waals surface area contributed by atoms with Crippen molar-refractivity contribution in [2.24, 2.45) is 5.92 Å². The molecule has 0 spiro atoms. The molecule has 1 aliphatic rings. The molecule has 0 heterocycles. The standard InChI is InChI=1S/C21H34O2/c1-5-17(6-2)18-12-14-20(15-13-18)23-21(16(3)4)22-19-10-8-7-9-11-19/h12-17,19,21H,5-11H2,1-4H3. The Balaban J connectivity index is 1.96. The minimum Gasteiger partial charge on any atom is -0.465 e. The van der Waals surface area contributed by atoms with Crippen molar-refractivity contribution in [2.75, 3.05) is 0 Å². The van der Waals surface area contributed by atoms with Crippen LogP contribution in [0.2, 0.25) is 0 Å². The van der Waals surface area contributed by atoms with Crippen LogP contribution in [-0.2, 0) is 4.74 Å². The number of hydrogen-bond donors (Lipinski definition) is 0. The van der Waals surface area contributed by atoms with Crippen LogP contribution in [0.15, 0.2) is 24.3 Å². The summed E-state index contributed by atoms with van der Waals surface area (Å²) in [5.41, 5.74) is 1.41. The van der Waals surface area contributed by atoms with Crippen molar-refractivity contribution in [1.82, 2.24) is 0 Å². The summed E-state index contributed by atoms with van der Waals surface area (Å²) in [4.78, 5) is 0. The van der Waals surface area contributed by atoms with Gasteiger partial charge in [0, 0.05) is 5.92 Å². The van der Waals surface area contributed by atoms with E-state index in [-0.39, 0.29) is 6.29 Å². The molecule has 1 atom stereocenters. The molecule has 1 fully saturated rings. The van der Waals surface area contributed by atoms with E-state index < -0.39 is 0 Å². The quantitative estimate of drug-likeness (QED) is 0.524. The highest BCUT2D eigenvalue weighted by atomic mass is 16.7. The van der Waals surface area contributed by atoms with Gasteiger partial charge in [-0.2, -0.15) is 0 Å². The first-order chi connectivity index (χ1) is 11.1. The van der Waals surface area contributed by atoms with Crippen LogP contribution >= 0.6 is 0 Å². The molecule has 1 aromatic rings. The van der Waals surface area contributed by atoms with Gasteiger partial charge in [-0.05, 0) is 49.3 Å². The van der Waals surface area contributed by atoms with Crippen molar-refractivity contribution in [2.45, 2.75) is 91.0 Å². The van der Waals surface area contributed by atoms with Crippen LogP contribution in [0.3, 0.4) is 0 Å². The minimum absolute atomic E-state index is 0.142. The van der Waals surface area contributed by atoms with E-state index in [0.717, 1.165) is 5.75 Å². The van der Waals surface area contributed by atoms with E-state index >= 15 is 0 Å². The molecule has 0 saturated heterocycles. The summed E-state index contributed by atoms with van der Waals surface area (Å²) >= 11 is 0. The lowest BCUT2D eigenvalue weighted by Gasteiger charge is -2.30. The molecule has 0 aliphatic heterocycles. The van der Waals surface area contributed by atoms with Gasteiger partial charge in [-0.25, -0.2) is 0 Å². The van der Waals surface area contributed by atoms with E-state index in [0.29, 0.717) is 17.9 Å². The van der Waals surface area contributed by atoms with E-state index in [9.17, 15) is 0 Å². The van der Waals surface area contributed by atoms with Gasteiger partial charge < -0.3 is 9.47 Å². The maximum Gasteiger partial charge on any atom is 0.202 e. The zero-order valence-electron chi connectivity index (χ0n) is 15.4. The predicted molar refractivity (Wildman–Crippen MR) is 97.0 cm³/mol. The first-order valence-electron chi connectivity index (χ1n) is 9.56. The highest BCUT2D eigenvalue weighted by Gasteiger charge is 2.23. The molecular weight excluding hydrogens is 284 g/mol. The molecule has 23 heavy (non-hydrogen) atoms. The molecule has 0 bridgehead atoms. The third-order valence-corrected chi connectivity index (χ3v) is 5.01. The van der Waals surface area contributed by atoms with Crippen LogP contribution in [0.4, 0.5) is 0 Å². The Bertz CT molecular complexity index is 428. The molecule has 1 unspecified atom stereocenters. The van der Waals surface area contributed by atoms with Crippen LogP contribution in [0.25, 0.3) is 0 Å². The van der Waals surface area contributed by atoms with Crippen molar-refractivity contribution in [3.05, 3.63) is 29.8 Å². The molecule has 2 heteroatoms. The summed E-state index contributed by atoms with van der Waals surface area (Å²) in [6.07, 6.45) is 8.91. The van der Waals surface area contributed by atoms with Crippen molar-refractivity contribution in [1.29, 1.82) is 0 Å². The van der Waals surface area contributed by atoms with Crippen LogP contribution in [0, 0.1) is 5.92 Å². The molecule has 0 radical (unpaired) electrons. The molecular formula is C21H34O2. The average molecular weight is 319 g/mol. The van der Waals surface area contributed by atoms with Gasteiger partial charge in [0.05, 0.1) is 6.10 Å². The second kappa shape index (κ2) is 9.32. The molecule has 1 saturated carbocycles. The maximum absolute atomic E-state index is 6.25. The number of ether oxygens (including phenoxy) is 2. The summed E-state index contributed by atoms with van der Waals surface area (Å²) in [5.74, 6) is 1.94. The molecule has 1 aliphatic carbocycles. The lowest BCUT2D eigenvalue weighted by molar-refractivity contribution is -0.150. The van der Waals surface area contributed by atoms with Crippen molar-refractivity contribution in [3.63, 3.8) is 0 Å². The molecule has 2 nitrogen and oxygen atoms in total. The van der Waals surface area contributed by atoms with Crippen LogP contribution < -0.4 is 4.74 Å². The second-order valence-corrected chi connectivity index (χ2v) is 7.21. The Morgan fingerprint density at radius 1 is 0.957 bits per heavy atom. The van der Waals surface area contributed by atoms with Gasteiger partial charge in [0.25, 0.3) is 0 Å². The van der Waals surface area contributed by atoms with Gasteiger partial charge in [-0.1, -0.05) is 59.1 Å². The summed E-state index contributed by atoms with van der Waals surface area (Å²) in [5, 5.41) is 0. The largest absolute Gasteiger partial charge is 0.465 e. The first kappa shape index (κ1) is 18.3. The summed E-state index contributed by atoms with van der Waals surface area (Å²) < 4.78 is 12.4. The van der Waals surface area contributed by atoms with Crippen molar-refractivity contribution < 1.29 is 9.47 Å². The van der Waals surface area contributed by atoms with Crippen molar-refractivity contribution in [3.8, 4) is 5.75 Å². The minimum atomic E-state index is -0.142. The highest BCUT2D eigenvalue weighted by Crippen LogP contribution is 2.27. The highest BCUT2D eigenvalue weighted by molar-refractivity contribution is 5.29. The molecule has 1 aromatic carbocycles. The van der Waals surface area contributed by atoms with Gasteiger partial charge in [0.1, 0.15) is 5.75 Å². The van der Waals surface area contributed by atoms with Crippen molar-refractivity contribution >= 4 is 0 Å². The fourth-order valence-corrected chi connectivity index (χ4v) is 3.42. The second-order valence-electron chi connectivity index (χ2n) is 7.21. The Kier molecular flexibility index (Phi) is 7.42. The molecule has 0 amide bonds. The van der Waals surface area contributed by atoms with Gasteiger partial charge in [0.2, 0.25) is 6.29 Å². The van der Waals surface area contributed by atoms with Gasteiger partial charge >= 0.3 is 0 Å². The number of benzene rings is 1. The van der Waals surface area contributed by atoms with Crippen LogP contribution in [0.5, 0.6) is 5.75 Å². The Morgan fingerprint density at radius 3 is 2.09 bits per heavy atom. The summed E-state index contributed by atoms with van der Waals surface area (Å²) in [6.45, 7) is 8.86. The first-order valence-corrected chi connectivity index (χ1v) is 9.56. The van der Waals surface area contributed by atoms with E-state index in [2.05, 4.69) is 52.0 Å². The third kappa shape index (κ3) is 5.53. The molecule has 0 aromatic heterocycles. The lowest BCUT2D eigenvalue weighted by Crippen LogP contribution is -2.32. The lowest BCUT2D eigenvalue weighted by atomic mass is 9.94. The van der Waals surface area contributed by atoms with E-state index in [4.69, 9.17) is 9.47 Å². The Hall–Kier alpha value is -1.02. The normalized spacial score (nSPS) is 17.7. The van der Waals surface area contributed by atoms with Crippen LogP contribution in [-0.4, -0.2) is 12.4 Å². The Labute approximate surface area is 142 Å². The molecule has 2 rings (SSSR count). The zero-order valence-corrected chi connectivity index (χ0v) is 15.4. The molecule has 0 N–H and O–H groups in total. The van der Waals surface area contributed by atoms with Gasteiger partial charge in [-0.3, -0.25) is 0 Å². The summed E-state index contributed by atoms with van der Waals surface area (Å²) in [6, 6.07) is 8.64.